The van der Waals surface area contributed by atoms with Gasteiger partial charge in [-0.15, -0.1) is 0 Å². The molecule has 0 saturated carbocycles. The number of rotatable bonds is 7. The number of nitro benzene ring substituents is 1. The molecule has 0 bridgehead atoms. The van der Waals surface area contributed by atoms with Gasteiger partial charge in [-0.1, -0.05) is 130 Å². The number of amides is 5. The third-order valence-electron chi connectivity index (χ3n) is 18.6. The Bertz CT molecular complexity index is 5460. The average Bonchev–Trinajstić information content (AvgIpc) is 1.55. The minimum Gasteiger partial charge on any atom is -0.326 e. The first-order valence-electron chi connectivity index (χ1n) is 33.9. The van der Waals surface area contributed by atoms with Crippen LogP contribution in [-0.4, -0.2) is 39.0 Å². The lowest BCUT2D eigenvalue weighted by Crippen LogP contribution is -2.18. The zero-order valence-electron chi connectivity index (χ0n) is 56.3. The summed E-state index contributed by atoms with van der Waals surface area (Å²) in [5, 5.41) is 28.0. The number of hydrogen-bond donors (Lipinski definition) is 5. The van der Waals surface area contributed by atoms with Gasteiger partial charge in [0, 0.05) is 92.5 Å². The van der Waals surface area contributed by atoms with E-state index in [1.165, 1.54) is 44.8 Å². The molecule has 5 aliphatic heterocycles. The molecule has 1 aromatic heterocycles. The maximum absolute atomic E-state index is 13.0. The molecule has 11 aromatic carbocycles. The molecular formula is C84H63Br3Cl2F3N7O7. The van der Waals surface area contributed by atoms with Crippen LogP contribution in [0, 0.1) is 10.1 Å². The Morgan fingerprint density at radius 3 is 1.09 bits per heavy atom. The van der Waals surface area contributed by atoms with Crippen molar-refractivity contribution >= 4 is 146 Å². The number of fused-ring (bicyclic) bond motifs is 6. The van der Waals surface area contributed by atoms with Crippen LogP contribution in [0.15, 0.2) is 244 Å². The number of carbonyl (C=O) groups is 5. The van der Waals surface area contributed by atoms with E-state index in [0.717, 1.165) is 113 Å². The van der Waals surface area contributed by atoms with Crippen LogP contribution >= 0.6 is 71.0 Å². The second kappa shape index (κ2) is 32.5. The number of anilines is 5. The van der Waals surface area contributed by atoms with E-state index in [1.54, 1.807) is 30.3 Å². The highest BCUT2D eigenvalue weighted by Crippen LogP contribution is 2.41. The molecule has 0 atom stereocenters. The van der Waals surface area contributed by atoms with Crippen molar-refractivity contribution < 1.29 is 42.1 Å². The summed E-state index contributed by atoms with van der Waals surface area (Å²) >= 11 is 21.5. The number of para-hydroxylation sites is 1. The molecule has 17 rings (SSSR count). The second-order valence-electron chi connectivity index (χ2n) is 25.6. The lowest BCUT2D eigenvalue weighted by Gasteiger charge is -2.18. The number of benzene rings is 11. The van der Waals surface area contributed by atoms with Crippen molar-refractivity contribution in [2.24, 2.45) is 0 Å². The predicted octanol–water partition coefficient (Wildman–Crippen LogP) is 22.7. The maximum Gasteiger partial charge on any atom is 0.417 e. The fourth-order valence-electron chi connectivity index (χ4n) is 13.0. The van der Waals surface area contributed by atoms with Crippen molar-refractivity contribution in [1.29, 1.82) is 0 Å². The number of carbonyl (C=O) groups excluding carboxylic acids is 5. The third-order valence-corrected chi connectivity index (χ3v) is 21.4. The highest BCUT2D eigenvalue weighted by molar-refractivity contribution is 9.11. The number of hydrogen-bond acceptors (Lipinski definition) is 7. The Morgan fingerprint density at radius 2 is 0.698 bits per heavy atom. The largest absolute Gasteiger partial charge is 0.417 e. The van der Waals surface area contributed by atoms with Gasteiger partial charge in [-0.3, -0.25) is 34.1 Å². The number of nitrogens with zero attached hydrogens (tertiary/aromatic N) is 2. The zero-order chi connectivity index (χ0) is 74.3. The zero-order valence-corrected chi connectivity index (χ0v) is 62.6. The van der Waals surface area contributed by atoms with Crippen LogP contribution in [0.5, 0.6) is 0 Å². The Kier molecular flexibility index (Phi) is 22.6. The van der Waals surface area contributed by atoms with Crippen LogP contribution in [0.1, 0.15) is 65.5 Å². The van der Waals surface area contributed by atoms with Gasteiger partial charge in [-0.05, 0) is 280 Å². The van der Waals surface area contributed by atoms with Crippen LogP contribution in [0.25, 0.3) is 72.2 Å². The van der Waals surface area contributed by atoms with E-state index >= 15 is 0 Å². The summed E-state index contributed by atoms with van der Waals surface area (Å²) in [5.41, 5.74) is 21.4. The van der Waals surface area contributed by atoms with E-state index in [0.29, 0.717) is 65.6 Å². The minimum absolute atomic E-state index is 0.0222. The van der Waals surface area contributed by atoms with Crippen LogP contribution in [0.3, 0.4) is 0 Å². The maximum atomic E-state index is 13.0. The SMILES string of the molecule is O=C1CCc2cc(-c3ccc(-n4ccc5ccccc54)cc3)ccc2N1.O=C1CCc2cc(-c3ccc(Br)c(C(F)(F)F)c3)ccc2N1.O=C1CCc2cc(-c3ccc(Br)c(Cl)c3)ccc2N1.O=C1CCc2cc(-c3ccc(Br)c([N+](=O)[O-])c3)ccc2N1.O=C1CCc2cc(-c3ccc(Cl)cc3)ccc2N1. The summed E-state index contributed by atoms with van der Waals surface area (Å²) in [4.78, 5) is 67.4. The minimum atomic E-state index is -4.41. The van der Waals surface area contributed by atoms with E-state index in [9.17, 15) is 47.3 Å². The summed E-state index contributed by atoms with van der Waals surface area (Å²) in [5.74, 6) is 0.278. The molecule has 0 spiro atoms. The van der Waals surface area contributed by atoms with E-state index in [2.05, 4.69) is 164 Å². The fourth-order valence-corrected chi connectivity index (χ4v) is 14.4. The van der Waals surface area contributed by atoms with Crippen molar-refractivity contribution in [2.75, 3.05) is 26.6 Å². The van der Waals surface area contributed by atoms with E-state index in [4.69, 9.17) is 23.2 Å². The van der Waals surface area contributed by atoms with E-state index < -0.39 is 16.7 Å². The molecule has 0 unspecified atom stereocenters. The highest BCUT2D eigenvalue weighted by atomic mass is 79.9. The van der Waals surface area contributed by atoms with Crippen molar-refractivity contribution in [3.05, 3.63) is 298 Å². The molecule has 0 radical (unpaired) electrons. The molecule has 0 saturated heterocycles. The van der Waals surface area contributed by atoms with Crippen molar-refractivity contribution in [3.8, 4) is 61.3 Å². The molecule has 0 fully saturated rings. The summed E-state index contributed by atoms with van der Waals surface area (Å²) in [6.45, 7) is 0. The quantitative estimate of drug-likeness (QED) is 0.0774. The second-order valence-corrected chi connectivity index (χ2v) is 29.1. The van der Waals surface area contributed by atoms with Gasteiger partial charge in [0.25, 0.3) is 5.69 Å². The lowest BCUT2D eigenvalue weighted by molar-refractivity contribution is -0.385. The van der Waals surface area contributed by atoms with Gasteiger partial charge in [0.2, 0.25) is 29.5 Å². The lowest BCUT2D eigenvalue weighted by atomic mass is 9.96. The molecule has 22 heteroatoms. The number of nitro groups is 1. The molecule has 532 valence electrons. The Balaban J connectivity index is 0.000000118. The van der Waals surface area contributed by atoms with Gasteiger partial charge >= 0.3 is 6.18 Å². The highest BCUT2D eigenvalue weighted by Gasteiger charge is 2.33. The molecule has 12 aromatic rings. The molecule has 5 amide bonds. The van der Waals surface area contributed by atoms with Gasteiger partial charge in [-0.2, -0.15) is 13.2 Å². The smallest absolute Gasteiger partial charge is 0.326 e. The molecular weight excluding hydrogens is 1590 g/mol. The topological polar surface area (TPSA) is 194 Å². The van der Waals surface area contributed by atoms with Crippen LogP contribution < -0.4 is 26.6 Å². The standard InChI is InChI=1S/C23H18N2O.C16H11BrF3NO.C15H11BrClNO.C15H11BrN2O3.C15H12ClNO/c26-23-12-8-19-15-18(7-11-21(19)24-23)16-5-9-20(10-6-16)25-14-13-17-3-1-2-4-22(17)25;17-13-4-1-10(8-12(13)16(18,19)20)9-2-5-14-11(7-9)3-6-15(22)21-14;16-12-4-1-10(8-13(12)17)9-2-5-14-11(7-9)3-6-15(19)18-14;16-12-4-1-10(8-14(12)18(20)21)9-2-5-13-11(7-9)3-6-15(19)17-13;16-13-5-1-10(2-6-13)11-3-7-14-12(9-11)4-8-15(18)17-14/h1-7,9-11,13-15H,8,12H2,(H,24,26);1-2,4-5,7-8H,3,6H2,(H,21,22);1-2,4-5,7-8H,3,6H2,(H,18,19);1-2,4-5,7-8H,3,6H2,(H,17,19);1-3,5-7,9H,4,8H2,(H,17,18). The fraction of sp³-hybridized carbons (Fsp3) is 0.131. The summed E-state index contributed by atoms with van der Waals surface area (Å²) in [6, 6.07) is 71.5. The number of aryl methyl sites for hydroxylation is 5. The van der Waals surface area contributed by atoms with Crippen molar-refractivity contribution in [3.63, 3.8) is 0 Å². The number of halogens is 8. The van der Waals surface area contributed by atoms with Crippen LogP contribution in [0.4, 0.5) is 47.3 Å². The van der Waals surface area contributed by atoms with Crippen molar-refractivity contribution in [2.45, 2.75) is 70.4 Å². The van der Waals surface area contributed by atoms with Gasteiger partial charge in [0.05, 0.1) is 25.5 Å². The molecule has 6 heterocycles. The molecule has 0 aliphatic carbocycles. The number of nitrogens with one attached hydrogen (secondary N) is 5. The van der Waals surface area contributed by atoms with Gasteiger partial charge < -0.3 is 31.2 Å². The first-order valence-corrected chi connectivity index (χ1v) is 37.0. The van der Waals surface area contributed by atoms with Gasteiger partial charge in [0.15, 0.2) is 0 Å². The van der Waals surface area contributed by atoms with Crippen LogP contribution in [-0.2, 0) is 62.3 Å². The molecule has 14 nitrogen and oxygen atoms in total. The van der Waals surface area contributed by atoms with Gasteiger partial charge in [0.1, 0.15) is 0 Å². The first-order chi connectivity index (χ1) is 51.0. The van der Waals surface area contributed by atoms with E-state index in [-0.39, 0.29) is 39.7 Å². The monoisotopic (exact) mass is 1650 g/mol. The first kappa shape index (κ1) is 73.8. The molecule has 106 heavy (non-hydrogen) atoms. The Morgan fingerprint density at radius 1 is 0.368 bits per heavy atom. The van der Waals surface area contributed by atoms with Crippen LogP contribution in [0.2, 0.25) is 10.0 Å². The van der Waals surface area contributed by atoms with Crippen molar-refractivity contribution in [1.82, 2.24) is 4.57 Å². The summed E-state index contributed by atoms with van der Waals surface area (Å²) in [7, 11) is 0. The molecule has 5 aliphatic rings. The van der Waals surface area contributed by atoms with Gasteiger partial charge in [-0.25, -0.2) is 0 Å². The van der Waals surface area contributed by atoms with E-state index in [1.807, 2.05) is 103 Å². The normalized spacial score (nSPS) is 13.8. The number of aromatic nitrogens is 1. The third kappa shape index (κ3) is 17.7. The average molecular weight is 1650 g/mol. The number of alkyl halides is 3. The summed E-state index contributed by atoms with van der Waals surface area (Å²) < 4.78 is 42.5. The molecule has 5 N–H and O–H groups in total. The Labute approximate surface area is 643 Å². The predicted molar refractivity (Wildman–Crippen MR) is 426 cm³/mol. The summed E-state index contributed by atoms with van der Waals surface area (Å²) in [6.07, 6.45) is 3.94. The Hall–Kier alpha value is -10.5.